The van der Waals surface area contributed by atoms with Gasteiger partial charge in [0.15, 0.2) is 0 Å². The normalized spacial score (nSPS) is 10.3. The van der Waals surface area contributed by atoms with Crippen LogP contribution in [-0.2, 0) is 4.79 Å². The van der Waals surface area contributed by atoms with E-state index in [-0.39, 0.29) is 12.3 Å². The molecule has 2 heterocycles. The van der Waals surface area contributed by atoms with Gasteiger partial charge in [-0.2, -0.15) is 4.68 Å². The van der Waals surface area contributed by atoms with E-state index >= 15 is 0 Å². The monoisotopic (exact) mass is 281 g/mol. The summed E-state index contributed by atoms with van der Waals surface area (Å²) in [6.07, 6.45) is 1.83. The summed E-state index contributed by atoms with van der Waals surface area (Å²) in [4.78, 5) is 22.8. The van der Waals surface area contributed by atoms with Crippen molar-refractivity contribution in [2.75, 3.05) is 6.54 Å². The van der Waals surface area contributed by atoms with E-state index in [4.69, 9.17) is 5.11 Å². The molecule has 0 atom stereocenters. The topological polar surface area (TPSA) is 110 Å². The molecule has 8 nitrogen and oxygen atoms in total. The minimum absolute atomic E-state index is 0.0323. The molecule has 0 aliphatic carbocycles. The van der Waals surface area contributed by atoms with Crippen LogP contribution in [0.4, 0.5) is 0 Å². The van der Waals surface area contributed by atoms with Crippen molar-refractivity contribution in [3.8, 4) is 5.69 Å². The van der Waals surface area contributed by atoms with Gasteiger partial charge < -0.3 is 10.4 Å². The Hall–Kier alpha value is -2.29. The van der Waals surface area contributed by atoms with Gasteiger partial charge in [0.05, 0.1) is 5.69 Å². The van der Waals surface area contributed by atoms with Crippen molar-refractivity contribution in [2.24, 2.45) is 0 Å². The summed E-state index contributed by atoms with van der Waals surface area (Å²) in [5, 5.41) is 23.7. The predicted molar refractivity (Wildman–Crippen MR) is 66.2 cm³/mol. The lowest BCUT2D eigenvalue weighted by Gasteiger charge is -2.04. The van der Waals surface area contributed by atoms with Gasteiger partial charge in [-0.3, -0.25) is 9.59 Å². The lowest BCUT2D eigenvalue weighted by atomic mass is 10.3. The Kier molecular flexibility index (Phi) is 4.18. The Morgan fingerprint density at radius 3 is 3.00 bits per heavy atom. The Bertz CT molecular complexity index is 565. The first-order chi connectivity index (χ1) is 9.18. The Morgan fingerprint density at radius 1 is 1.47 bits per heavy atom. The first-order valence-electron chi connectivity index (χ1n) is 5.49. The third kappa shape index (κ3) is 3.35. The van der Waals surface area contributed by atoms with Crippen LogP contribution in [0.15, 0.2) is 17.8 Å². The van der Waals surface area contributed by atoms with E-state index in [1.807, 2.05) is 0 Å². The molecule has 2 rings (SSSR count). The summed E-state index contributed by atoms with van der Waals surface area (Å²) >= 11 is 1.28. The second-order valence-corrected chi connectivity index (χ2v) is 4.56. The first-order valence-corrected chi connectivity index (χ1v) is 6.37. The quantitative estimate of drug-likeness (QED) is 0.738. The molecular formula is C10H11N5O3S. The fraction of sp³-hybridized carbons (Fsp3) is 0.300. The van der Waals surface area contributed by atoms with Crippen molar-refractivity contribution in [3.05, 3.63) is 22.7 Å². The molecule has 0 fully saturated rings. The predicted octanol–water partition coefficient (Wildman–Crippen LogP) is 0.318. The molecular weight excluding hydrogens is 270 g/mol. The minimum atomic E-state index is -0.875. The number of hydrogen-bond acceptors (Lipinski definition) is 6. The second-order valence-electron chi connectivity index (χ2n) is 3.64. The van der Waals surface area contributed by atoms with Crippen LogP contribution in [0.3, 0.4) is 0 Å². The van der Waals surface area contributed by atoms with Gasteiger partial charge in [0, 0.05) is 13.0 Å². The van der Waals surface area contributed by atoms with Crippen molar-refractivity contribution in [1.29, 1.82) is 0 Å². The summed E-state index contributed by atoms with van der Waals surface area (Å²) < 4.78 is 1.41. The van der Waals surface area contributed by atoms with Crippen LogP contribution < -0.4 is 5.32 Å². The van der Waals surface area contributed by atoms with Crippen LogP contribution in [0, 0.1) is 0 Å². The van der Waals surface area contributed by atoms with E-state index in [1.165, 1.54) is 22.3 Å². The van der Waals surface area contributed by atoms with E-state index in [1.54, 1.807) is 11.4 Å². The standard InChI is InChI=1S/C10H11N5O3S/c16-8(17)2-1-4-11-10(18)9-7(3-5-19-9)15-6-12-13-14-15/h3,5-6H,1-2,4H2,(H,11,18)(H,16,17). The first kappa shape index (κ1) is 13.1. The molecule has 0 bridgehead atoms. The van der Waals surface area contributed by atoms with Crippen LogP contribution in [0.5, 0.6) is 0 Å². The highest BCUT2D eigenvalue weighted by Gasteiger charge is 2.15. The molecule has 19 heavy (non-hydrogen) atoms. The summed E-state index contributed by atoms with van der Waals surface area (Å²) in [5.41, 5.74) is 0.603. The van der Waals surface area contributed by atoms with Crippen molar-refractivity contribution < 1.29 is 14.7 Å². The number of tetrazole rings is 1. The summed E-state index contributed by atoms with van der Waals surface area (Å²) in [7, 11) is 0. The number of aliphatic carboxylic acids is 1. The van der Waals surface area contributed by atoms with Crippen LogP contribution in [0.1, 0.15) is 22.5 Å². The van der Waals surface area contributed by atoms with Gasteiger partial charge in [-0.15, -0.1) is 16.4 Å². The molecule has 0 unspecified atom stereocenters. The lowest BCUT2D eigenvalue weighted by Crippen LogP contribution is -2.25. The number of thiophene rings is 1. The summed E-state index contributed by atoms with van der Waals surface area (Å²) in [6, 6.07) is 1.74. The average Bonchev–Trinajstić information content (AvgIpc) is 3.02. The highest BCUT2D eigenvalue weighted by Crippen LogP contribution is 2.19. The highest BCUT2D eigenvalue weighted by molar-refractivity contribution is 7.12. The maximum absolute atomic E-state index is 11.9. The second kappa shape index (κ2) is 6.05. The number of carbonyl (C=O) groups is 2. The van der Waals surface area contributed by atoms with Crippen LogP contribution in [-0.4, -0.2) is 43.7 Å². The zero-order valence-corrected chi connectivity index (χ0v) is 10.6. The number of amides is 1. The molecule has 0 aromatic carbocycles. The number of nitrogens with zero attached hydrogens (tertiary/aromatic N) is 4. The van der Waals surface area contributed by atoms with Gasteiger partial charge >= 0.3 is 5.97 Å². The summed E-state index contributed by atoms with van der Waals surface area (Å²) in [5.74, 6) is -1.13. The Balaban J connectivity index is 1.97. The SMILES string of the molecule is O=C(O)CCCNC(=O)c1sccc1-n1cnnn1. The van der Waals surface area contributed by atoms with E-state index < -0.39 is 5.97 Å². The van der Waals surface area contributed by atoms with Gasteiger partial charge in [-0.1, -0.05) is 0 Å². The number of hydrogen-bond donors (Lipinski definition) is 2. The van der Waals surface area contributed by atoms with Crippen molar-refractivity contribution >= 4 is 23.2 Å². The molecule has 100 valence electrons. The van der Waals surface area contributed by atoms with Crippen molar-refractivity contribution in [3.63, 3.8) is 0 Å². The van der Waals surface area contributed by atoms with Crippen LogP contribution in [0.2, 0.25) is 0 Å². The molecule has 0 spiro atoms. The number of rotatable bonds is 6. The van der Waals surface area contributed by atoms with Gasteiger partial charge in [0.1, 0.15) is 11.2 Å². The maximum atomic E-state index is 11.9. The zero-order valence-electron chi connectivity index (χ0n) is 9.81. The molecule has 0 aliphatic rings. The number of nitrogens with one attached hydrogen (secondary N) is 1. The van der Waals surface area contributed by atoms with Gasteiger partial charge in [-0.25, -0.2) is 0 Å². The smallest absolute Gasteiger partial charge is 0.303 e. The molecule has 1 amide bonds. The molecule has 2 aromatic heterocycles. The zero-order chi connectivity index (χ0) is 13.7. The lowest BCUT2D eigenvalue weighted by molar-refractivity contribution is -0.137. The summed E-state index contributed by atoms with van der Waals surface area (Å²) in [6.45, 7) is 0.318. The number of carbonyl (C=O) groups excluding carboxylic acids is 1. The largest absolute Gasteiger partial charge is 0.481 e. The third-order valence-corrected chi connectivity index (χ3v) is 3.20. The Morgan fingerprint density at radius 2 is 2.32 bits per heavy atom. The fourth-order valence-corrected chi connectivity index (χ4v) is 2.24. The van der Waals surface area contributed by atoms with Gasteiger partial charge in [0.25, 0.3) is 5.91 Å². The molecule has 0 aliphatic heterocycles. The van der Waals surface area contributed by atoms with Crippen LogP contribution >= 0.6 is 11.3 Å². The number of carboxylic acid groups (broad SMARTS) is 1. The van der Waals surface area contributed by atoms with E-state index in [0.717, 1.165) is 0 Å². The molecule has 0 radical (unpaired) electrons. The molecule has 9 heteroatoms. The fourth-order valence-electron chi connectivity index (χ4n) is 1.45. The van der Waals surface area contributed by atoms with Gasteiger partial charge in [-0.05, 0) is 28.3 Å². The van der Waals surface area contributed by atoms with Crippen LogP contribution in [0.25, 0.3) is 5.69 Å². The molecule has 2 aromatic rings. The maximum Gasteiger partial charge on any atom is 0.303 e. The van der Waals surface area contributed by atoms with E-state index in [2.05, 4.69) is 20.8 Å². The van der Waals surface area contributed by atoms with Gasteiger partial charge in [0.2, 0.25) is 0 Å². The number of aromatic nitrogens is 4. The highest BCUT2D eigenvalue weighted by atomic mass is 32.1. The third-order valence-electron chi connectivity index (χ3n) is 2.30. The molecule has 0 saturated carbocycles. The van der Waals surface area contributed by atoms with Crippen molar-refractivity contribution in [2.45, 2.75) is 12.8 Å². The minimum Gasteiger partial charge on any atom is -0.481 e. The average molecular weight is 281 g/mol. The molecule has 2 N–H and O–H groups in total. The van der Waals surface area contributed by atoms with Crippen molar-refractivity contribution in [1.82, 2.24) is 25.5 Å². The molecule has 0 saturated heterocycles. The van der Waals surface area contributed by atoms with E-state index in [9.17, 15) is 9.59 Å². The number of carboxylic acids is 1. The Labute approximate surface area is 112 Å². The van der Waals surface area contributed by atoms with E-state index in [0.29, 0.717) is 23.5 Å².